The molecule has 23 heavy (non-hydrogen) atoms. The van der Waals surface area contributed by atoms with E-state index < -0.39 is 16.0 Å². The van der Waals surface area contributed by atoms with Crippen molar-refractivity contribution in [2.45, 2.75) is 18.2 Å². The molecule has 1 aromatic carbocycles. The van der Waals surface area contributed by atoms with E-state index in [1.807, 2.05) is 6.92 Å². The van der Waals surface area contributed by atoms with Gasteiger partial charge in [0.25, 0.3) is 0 Å². The van der Waals surface area contributed by atoms with Crippen molar-refractivity contribution in [3.05, 3.63) is 29.8 Å². The third-order valence-electron chi connectivity index (χ3n) is 2.86. The lowest BCUT2D eigenvalue weighted by Crippen LogP contribution is -2.26. The summed E-state index contributed by atoms with van der Waals surface area (Å²) in [5.41, 5.74) is 0.447. The number of carboxylic acids is 1. The Bertz CT molecular complexity index is 654. The van der Waals surface area contributed by atoms with Crippen LogP contribution in [0.15, 0.2) is 29.2 Å². The predicted octanol–water partition coefficient (Wildman–Crippen LogP) is 1.50. The van der Waals surface area contributed by atoms with Gasteiger partial charge in [-0.3, -0.25) is 0 Å². The zero-order chi connectivity index (χ0) is 17.3. The predicted molar refractivity (Wildman–Crippen MR) is 86.0 cm³/mol. The first-order valence-corrected chi connectivity index (χ1v) is 8.55. The maximum absolute atomic E-state index is 12.4. The number of ether oxygens (including phenoxy) is 2. The van der Waals surface area contributed by atoms with Crippen LogP contribution in [0.5, 0.6) is 5.75 Å². The molecule has 0 aliphatic carbocycles. The molecule has 0 spiro atoms. The molecule has 0 amide bonds. The number of carboxylic acid groups (broad SMARTS) is 1. The summed E-state index contributed by atoms with van der Waals surface area (Å²) in [6.07, 6.45) is 2.80. The van der Waals surface area contributed by atoms with E-state index in [1.165, 1.54) is 25.3 Å². The summed E-state index contributed by atoms with van der Waals surface area (Å²) in [6, 6.07) is 4.42. The normalized spacial score (nSPS) is 11.7. The Labute approximate surface area is 136 Å². The molecule has 8 heteroatoms. The molecular weight excluding hydrogens is 322 g/mol. The summed E-state index contributed by atoms with van der Waals surface area (Å²) in [5, 5.41) is 8.64. The molecule has 1 rings (SSSR count). The van der Waals surface area contributed by atoms with Crippen molar-refractivity contribution >= 4 is 22.1 Å². The van der Waals surface area contributed by atoms with Gasteiger partial charge in [-0.15, -0.1) is 0 Å². The Morgan fingerprint density at radius 2 is 2.13 bits per heavy atom. The molecule has 0 saturated heterocycles. The van der Waals surface area contributed by atoms with Gasteiger partial charge in [0.1, 0.15) is 10.6 Å². The molecule has 1 aromatic rings. The van der Waals surface area contributed by atoms with Crippen LogP contribution in [0.3, 0.4) is 0 Å². The van der Waals surface area contributed by atoms with Crippen LogP contribution in [0.2, 0.25) is 0 Å². The number of sulfonamides is 1. The van der Waals surface area contributed by atoms with E-state index in [4.69, 9.17) is 14.6 Å². The first kappa shape index (κ1) is 19.1. The van der Waals surface area contributed by atoms with E-state index in [0.29, 0.717) is 25.2 Å². The van der Waals surface area contributed by atoms with Crippen molar-refractivity contribution in [3.63, 3.8) is 0 Å². The van der Waals surface area contributed by atoms with Crippen molar-refractivity contribution in [2.24, 2.45) is 0 Å². The smallest absolute Gasteiger partial charge is 0.328 e. The Morgan fingerprint density at radius 1 is 1.39 bits per heavy atom. The van der Waals surface area contributed by atoms with E-state index in [2.05, 4.69) is 4.72 Å². The van der Waals surface area contributed by atoms with Crippen LogP contribution in [0.25, 0.3) is 6.08 Å². The Hall–Kier alpha value is -1.90. The summed E-state index contributed by atoms with van der Waals surface area (Å²) in [5.74, 6) is -0.922. The second kappa shape index (κ2) is 9.29. The number of benzene rings is 1. The van der Waals surface area contributed by atoms with Gasteiger partial charge in [0.2, 0.25) is 10.0 Å². The molecule has 0 unspecified atom stereocenters. The highest BCUT2D eigenvalue weighted by atomic mass is 32.2. The lowest BCUT2D eigenvalue weighted by Gasteiger charge is -2.11. The van der Waals surface area contributed by atoms with Gasteiger partial charge in [-0.1, -0.05) is 6.07 Å². The molecule has 0 bridgehead atoms. The highest BCUT2D eigenvalue weighted by Crippen LogP contribution is 2.25. The second-order valence-electron chi connectivity index (χ2n) is 4.53. The van der Waals surface area contributed by atoms with Crippen LogP contribution >= 0.6 is 0 Å². The molecule has 7 nitrogen and oxygen atoms in total. The Morgan fingerprint density at radius 3 is 2.74 bits per heavy atom. The molecule has 2 N–H and O–H groups in total. The van der Waals surface area contributed by atoms with Gasteiger partial charge in [0, 0.05) is 25.8 Å². The molecular formula is C15H21NO6S. The van der Waals surface area contributed by atoms with Crippen LogP contribution in [-0.2, 0) is 19.6 Å². The van der Waals surface area contributed by atoms with Crippen LogP contribution in [-0.4, -0.2) is 46.4 Å². The van der Waals surface area contributed by atoms with Gasteiger partial charge in [0.15, 0.2) is 0 Å². The lowest BCUT2D eigenvalue weighted by molar-refractivity contribution is -0.131. The SMILES string of the molecule is CCOCCCNS(=O)(=O)c1cc(C=CC(=O)O)ccc1OC. The summed E-state index contributed by atoms with van der Waals surface area (Å²) >= 11 is 0. The standard InChI is InChI=1S/C15H21NO6S/c1-3-22-10-4-9-16-23(19,20)14-11-12(6-8-15(17)18)5-7-13(14)21-2/h5-8,11,16H,3-4,9-10H2,1-2H3,(H,17,18). The lowest BCUT2D eigenvalue weighted by atomic mass is 10.2. The summed E-state index contributed by atoms with van der Waals surface area (Å²) < 4.78 is 37.4. The van der Waals surface area contributed by atoms with Crippen LogP contribution in [0.1, 0.15) is 18.9 Å². The average Bonchev–Trinajstić information content (AvgIpc) is 2.52. The first-order chi connectivity index (χ1) is 10.9. The van der Waals surface area contributed by atoms with Gasteiger partial charge in [-0.2, -0.15) is 0 Å². The highest BCUT2D eigenvalue weighted by Gasteiger charge is 2.19. The molecule has 0 saturated carbocycles. The summed E-state index contributed by atoms with van der Waals surface area (Å²) in [6.45, 7) is 3.15. The number of nitrogens with one attached hydrogen (secondary N) is 1. The zero-order valence-corrected chi connectivity index (χ0v) is 13.9. The van der Waals surface area contributed by atoms with E-state index in [-0.39, 0.29) is 17.2 Å². The Kier molecular flexibility index (Phi) is 7.73. The van der Waals surface area contributed by atoms with Crippen molar-refractivity contribution < 1.29 is 27.8 Å². The maximum Gasteiger partial charge on any atom is 0.328 e. The number of hydrogen-bond donors (Lipinski definition) is 2. The minimum Gasteiger partial charge on any atom is -0.495 e. The maximum atomic E-state index is 12.4. The number of aliphatic carboxylic acids is 1. The molecule has 0 aliphatic heterocycles. The van der Waals surface area contributed by atoms with Crippen LogP contribution < -0.4 is 9.46 Å². The average molecular weight is 343 g/mol. The minimum atomic E-state index is -3.76. The van der Waals surface area contributed by atoms with Gasteiger partial charge >= 0.3 is 5.97 Å². The van der Waals surface area contributed by atoms with Gasteiger partial charge < -0.3 is 14.6 Å². The second-order valence-corrected chi connectivity index (χ2v) is 6.27. The molecule has 0 aromatic heterocycles. The largest absolute Gasteiger partial charge is 0.495 e. The van der Waals surface area contributed by atoms with Gasteiger partial charge in [0.05, 0.1) is 7.11 Å². The number of carbonyl (C=O) groups is 1. The third-order valence-corrected chi connectivity index (χ3v) is 4.34. The van der Waals surface area contributed by atoms with E-state index >= 15 is 0 Å². The molecule has 0 radical (unpaired) electrons. The van der Waals surface area contributed by atoms with Gasteiger partial charge in [-0.25, -0.2) is 17.9 Å². The van der Waals surface area contributed by atoms with E-state index in [0.717, 1.165) is 6.08 Å². The fraction of sp³-hybridized carbons (Fsp3) is 0.400. The molecule has 128 valence electrons. The number of rotatable bonds is 10. The number of hydrogen-bond acceptors (Lipinski definition) is 5. The summed E-state index contributed by atoms with van der Waals surface area (Å²) in [4.78, 5) is 10.5. The molecule has 0 atom stereocenters. The minimum absolute atomic E-state index is 0.0380. The van der Waals surface area contributed by atoms with Crippen LogP contribution in [0, 0.1) is 0 Å². The zero-order valence-electron chi connectivity index (χ0n) is 13.1. The van der Waals surface area contributed by atoms with E-state index in [9.17, 15) is 13.2 Å². The van der Waals surface area contributed by atoms with E-state index in [1.54, 1.807) is 6.07 Å². The van der Waals surface area contributed by atoms with Crippen molar-refractivity contribution in [3.8, 4) is 5.75 Å². The summed E-state index contributed by atoms with van der Waals surface area (Å²) in [7, 11) is -2.39. The fourth-order valence-corrected chi connectivity index (χ4v) is 3.05. The molecule has 0 fully saturated rings. The van der Waals surface area contributed by atoms with Crippen molar-refractivity contribution in [1.82, 2.24) is 4.72 Å². The van der Waals surface area contributed by atoms with Crippen molar-refractivity contribution in [2.75, 3.05) is 26.9 Å². The third kappa shape index (κ3) is 6.39. The highest BCUT2D eigenvalue weighted by molar-refractivity contribution is 7.89. The number of methoxy groups -OCH3 is 1. The van der Waals surface area contributed by atoms with Crippen LogP contribution in [0.4, 0.5) is 0 Å². The monoisotopic (exact) mass is 343 g/mol. The molecule has 0 heterocycles. The first-order valence-electron chi connectivity index (χ1n) is 7.07. The van der Waals surface area contributed by atoms with Crippen molar-refractivity contribution in [1.29, 1.82) is 0 Å². The van der Waals surface area contributed by atoms with Gasteiger partial charge in [-0.05, 0) is 37.1 Å². The quantitative estimate of drug-likeness (QED) is 0.493. The fourth-order valence-electron chi connectivity index (χ4n) is 1.78. The Balaban J connectivity index is 2.93. The molecule has 0 aliphatic rings. The topological polar surface area (TPSA) is 102 Å².